The van der Waals surface area contributed by atoms with Crippen LogP contribution in [0.5, 0.6) is 5.75 Å². The monoisotopic (exact) mass is 466 g/mol. The van der Waals surface area contributed by atoms with Gasteiger partial charge in [0.25, 0.3) is 0 Å². The summed E-state index contributed by atoms with van der Waals surface area (Å²) in [6.45, 7) is 3.96. The molecular weight excluding hydrogens is 440 g/mol. The van der Waals surface area contributed by atoms with Crippen LogP contribution in [-0.2, 0) is 24.1 Å². The van der Waals surface area contributed by atoms with Crippen molar-refractivity contribution in [3.63, 3.8) is 0 Å². The van der Waals surface area contributed by atoms with E-state index >= 15 is 0 Å². The van der Waals surface area contributed by atoms with Crippen molar-refractivity contribution >= 4 is 34.0 Å². The molecule has 4 rings (SSSR count). The maximum absolute atomic E-state index is 13.0. The number of H-pyrrole nitrogens is 1. The highest BCUT2D eigenvalue weighted by atomic mass is 32.2. The van der Waals surface area contributed by atoms with E-state index in [2.05, 4.69) is 16.4 Å². The summed E-state index contributed by atoms with van der Waals surface area (Å²) in [5, 5.41) is 23.2. The summed E-state index contributed by atoms with van der Waals surface area (Å²) in [4.78, 5) is 22.3. The van der Waals surface area contributed by atoms with Gasteiger partial charge >= 0.3 is 0 Å². The van der Waals surface area contributed by atoms with Gasteiger partial charge in [0, 0.05) is 17.0 Å². The molecule has 0 aliphatic heterocycles. The molecule has 1 aromatic carbocycles. The number of carbonyl (C=O) groups excluding carboxylic acids is 1. The summed E-state index contributed by atoms with van der Waals surface area (Å²) in [6.07, 6.45) is 5.46. The Balaban J connectivity index is 1.46. The summed E-state index contributed by atoms with van der Waals surface area (Å²) < 4.78 is 0. The molecule has 1 atom stereocenters. The molecule has 0 saturated carbocycles. The number of nitrogens with zero attached hydrogens (tertiary/aromatic N) is 2. The Morgan fingerprint density at radius 2 is 2.09 bits per heavy atom. The smallest absolute Gasteiger partial charge is 0.238 e. The van der Waals surface area contributed by atoms with Crippen LogP contribution < -0.4 is 5.32 Å². The lowest BCUT2D eigenvalue weighted by Crippen LogP contribution is -2.24. The van der Waals surface area contributed by atoms with Gasteiger partial charge in [-0.25, -0.2) is 4.98 Å². The number of hydrogen-bond acceptors (Lipinski definition) is 6. The minimum atomic E-state index is -0.312. The minimum Gasteiger partial charge on any atom is -0.508 e. The maximum atomic E-state index is 13.0. The second-order valence-electron chi connectivity index (χ2n) is 7.99. The first kappa shape index (κ1) is 22.4. The molecule has 1 amide bonds. The Morgan fingerprint density at radius 1 is 1.34 bits per heavy atom. The minimum absolute atomic E-state index is 0.0956. The fourth-order valence-electron chi connectivity index (χ4n) is 3.92. The topological polar surface area (TPSA) is 102 Å². The maximum Gasteiger partial charge on any atom is 0.238 e. The van der Waals surface area contributed by atoms with Gasteiger partial charge in [-0.1, -0.05) is 30.8 Å². The largest absolute Gasteiger partial charge is 0.508 e. The highest BCUT2D eigenvalue weighted by Gasteiger charge is 2.25. The van der Waals surface area contributed by atoms with Crippen LogP contribution in [-0.4, -0.2) is 26.2 Å². The molecule has 1 aliphatic rings. The molecule has 2 heterocycles. The molecule has 3 N–H and O–H groups in total. The van der Waals surface area contributed by atoms with Crippen LogP contribution in [0.15, 0.2) is 29.4 Å². The molecule has 0 fully saturated rings. The number of aromatic amines is 1. The van der Waals surface area contributed by atoms with Crippen LogP contribution in [0, 0.1) is 18.3 Å². The van der Waals surface area contributed by atoms with Crippen molar-refractivity contribution in [2.45, 2.75) is 62.8 Å². The number of thioether (sulfide) groups is 1. The molecule has 0 saturated heterocycles. The molecule has 0 radical (unpaired) electrons. The summed E-state index contributed by atoms with van der Waals surface area (Å²) in [7, 11) is 0. The lowest BCUT2D eigenvalue weighted by Gasteiger charge is -2.12. The van der Waals surface area contributed by atoms with Gasteiger partial charge in [0.2, 0.25) is 5.91 Å². The van der Waals surface area contributed by atoms with E-state index in [0.29, 0.717) is 28.6 Å². The van der Waals surface area contributed by atoms with Crippen LogP contribution >= 0.6 is 23.1 Å². The first-order valence-electron chi connectivity index (χ1n) is 10.8. The van der Waals surface area contributed by atoms with Crippen LogP contribution in [0.25, 0.3) is 0 Å². The van der Waals surface area contributed by atoms with Gasteiger partial charge < -0.3 is 15.4 Å². The molecule has 8 heteroatoms. The quantitative estimate of drug-likeness (QED) is 0.408. The van der Waals surface area contributed by atoms with Crippen molar-refractivity contribution in [1.29, 1.82) is 5.26 Å². The summed E-state index contributed by atoms with van der Waals surface area (Å²) >= 11 is 2.97. The van der Waals surface area contributed by atoms with Crippen molar-refractivity contribution < 1.29 is 9.90 Å². The number of imidazole rings is 1. The lowest BCUT2D eigenvalue weighted by molar-refractivity contribution is -0.115. The number of phenolic OH excluding ortho intramolecular Hbond substituents is 1. The average molecular weight is 467 g/mol. The average Bonchev–Trinajstić information content (AvgIpc) is 3.32. The zero-order valence-corrected chi connectivity index (χ0v) is 19.8. The first-order valence-corrected chi connectivity index (χ1v) is 12.5. The number of aromatic nitrogens is 2. The summed E-state index contributed by atoms with van der Waals surface area (Å²) in [5.41, 5.74) is 4.72. The highest BCUT2D eigenvalue weighted by molar-refractivity contribution is 8.00. The van der Waals surface area contributed by atoms with Crippen LogP contribution in [0.4, 0.5) is 5.00 Å². The Kier molecular flexibility index (Phi) is 6.87. The molecule has 166 valence electrons. The third-order valence-electron chi connectivity index (χ3n) is 5.71. The van der Waals surface area contributed by atoms with E-state index in [4.69, 9.17) is 4.98 Å². The van der Waals surface area contributed by atoms with Gasteiger partial charge in [-0.05, 0) is 62.3 Å². The number of fused-ring (bicyclic) bond motifs is 1. The molecule has 6 nitrogen and oxygen atoms in total. The van der Waals surface area contributed by atoms with Crippen molar-refractivity contribution in [2.75, 3.05) is 5.32 Å². The van der Waals surface area contributed by atoms with Gasteiger partial charge in [-0.2, -0.15) is 5.26 Å². The number of benzene rings is 1. The fraction of sp³-hybridized carbons (Fsp3) is 0.375. The zero-order chi connectivity index (χ0) is 22.7. The number of thiophene rings is 1. The predicted octanol–water partition coefficient (Wildman–Crippen LogP) is 5.34. The summed E-state index contributed by atoms with van der Waals surface area (Å²) in [6, 6.07) is 9.41. The van der Waals surface area contributed by atoms with E-state index in [-0.39, 0.29) is 16.9 Å². The number of aryl methyl sites for hydroxylation is 2. The Labute approximate surface area is 196 Å². The van der Waals surface area contributed by atoms with E-state index in [1.54, 1.807) is 23.5 Å². The van der Waals surface area contributed by atoms with E-state index in [9.17, 15) is 15.2 Å². The standard InChI is InChI=1S/C24H26N4O2S2/c1-3-20(22(30)28-23-18(13-25)17-6-4-5-7-21(17)31-23)32-24-26-14(2)19(27-24)12-15-8-10-16(29)11-9-15/h8-11,20,29H,3-7,12H2,1-2H3,(H,26,27)(H,28,30)/t20-/m0/s1. The number of amides is 1. The van der Waals surface area contributed by atoms with Gasteiger partial charge in [0.15, 0.2) is 5.16 Å². The van der Waals surface area contributed by atoms with E-state index in [1.807, 2.05) is 26.0 Å². The molecule has 2 aromatic heterocycles. The number of nitriles is 1. The van der Waals surface area contributed by atoms with Crippen molar-refractivity contribution in [3.8, 4) is 11.8 Å². The predicted molar refractivity (Wildman–Crippen MR) is 128 cm³/mol. The van der Waals surface area contributed by atoms with Crippen LogP contribution in [0.2, 0.25) is 0 Å². The molecule has 0 spiro atoms. The number of hydrogen-bond donors (Lipinski definition) is 3. The van der Waals surface area contributed by atoms with Gasteiger partial charge in [-0.3, -0.25) is 4.79 Å². The van der Waals surface area contributed by atoms with Gasteiger partial charge in [-0.15, -0.1) is 11.3 Å². The summed E-state index contributed by atoms with van der Waals surface area (Å²) in [5.74, 6) is 0.147. The van der Waals surface area contributed by atoms with Gasteiger partial charge in [0.1, 0.15) is 16.8 Å². The van der Waals surface area contributed by atoms with Crippen LogP contribution in [0.1, 0.15) is 59.1 Å². The number of rotatable bonds is 7. The Morgan fingerprint density at radius 3 is 2.81 bits per heavy atom. The highest BCUT2D eigenvalue weighted by Crippen LogP contribution is 2.38. The fourth-order valence-corrected chi connectivity index (χ4v) is 6.14. The Hall–Kier alpha value is -2.76. The van der Waals surface area contributed by atoms with E-state index in [1.165, 1.54) is 16.6 Å². The molecule has 1 aliphatic carbocycles. The number of aromatic hydroxyl groups is 1. The second-order valence-corrected chi connectivity index (χ2v) is 10.3. The lowest BCUT2D eigenvalue weighted by atomic mass is 9.96. The molecule has 0 bridgehead atoms. The third kappa shape index (κ3) is 4.84. The number of phenols is 1. The first-order chi connectivity index (χ1) is 15.5. The normalized spacial score (nSPS) is 13.9. The Bertz CT molecular complexity index is 1160. The zero-order valence-electron chi connectivity index (χ0n) is 18.2. The van der Waals surface area contributed by atoms with E-state index < -0.39 is 0 Å². The third-order valence-corrected chi connectivity index (χ3v) is 8.16. The van der Waals surface area contributed by atoms with Crippen molar-refractivity contribution in [3.05, 3.63) is 57.2 Å². The molecule has 32 heavy (non-hydrogen) atoms. The number of anilines is 1. The number of nitrogens with one attached hydrogen (secondary N) is 2. The number of carbonyl (C=O) groups is 1. The molecule has 0 unspecified atom stereocenters. The van der Waals surface area contributed by atoms with Crippen molar-refractivity contribution in [1.82, 2.24) is 9.97 Å². The SMILES string of the molecule is CC[C@H](Sc1nc(Cc2ccc(O)cc2)c(C)[nH]1)C(=O)Nc1sc2c(c1C#N)CCCC2. The van der Waals surface area contributed by atoms with Crippen molar-refractivity contribution in [2.24, 2.45) is 0 Å². The molecule has 3 aromatic rings. The van der Waals surface area contributed by atoms with Crippen LogP contribution in [0.3, 0.4) is 0 Å². The second kappa shape index (κ2) is 9.80. The van der Waals surface area contributed by atoms with Gasteiger partial charge in [0.05, 0.1) is 16.5 Å². The van der Waals surface area contributed by atoms with E-state index in [0.717, 1.165) is 48.2 Å². The molecular formula is C24H26N4O2S2.